The average molecular weight is 261 g/mol. The lowest BCUT2D eigenvalue weighted by atomic mass is 10.1. The summed E-state index contributed by atoms with van der Waals surface area (Å²) in [5, 5.41) is 3.49. The normalized spacial score (nSPS) is 20.7. The average Bonchev–Trinajstić information content (AvgIpc) is 2.95. The van der Waals surface area contributed by atoms with Crippen LogP contribution in [0.1, 0.15) is 44.9 Å². The topological polar surface area (TPSA) is 67.1 Å². The number of nitrogens with one attached hydrogen (secondary N) is 1. The van der Waals surface area contributed by atoms with E-state index in [4.69, 9.17) is 5.73 Å². The number of anilines is 3. The summed E-state index contributed by atoms with van der Waals surface area (Å²) in [6.07, 6.45) is 10.5. The quantitative estimate of drug-likeness (QED) is 0.874. The Morgan fingerprint density at radius 1 is 1.05 bits per heavy atom. The van der Waals surface area contributed by atoms with Gasteiger partial charge in [-0.2, -0.15) is 0 Å². The zero-order valence-corrected chi connectivity index (χ0v) is 11.4. The Bertz CT molecular complexity index is 422. The van der Waals surface area contributed by atoms with Gasteiger partial charge in [-0.05, 0) is 32.1 Å². The summed E-state index contributed by atoms with van der Waals surface area (Å²) < 4.78 is 0. The summed E-state index contributed by atoms with van der Waals surface area (Å²) in [6, 6.07) is 0.534. The Hall–Kier alpha value is -1.52. The summed E-state index contributed by atoms with van der Waals surface area (Å²) in [6.45, 7) is 2.12. The molecular formula is C14H23N5. The molecule has 0 spiro atoms. The van der Waals surface area contributed by atoms with Gasteiger partial charge in [-0.15, -0.1) is 0 Å². The largest absolute Gasteiger partial charge is 0.393 e. The Kier molecular flexibility index (Phi) is 3.71. The molecular weight excluding hydrogens is 238 g/mol. The minimum absolute atomic E-state index is 0.534. The molecule has 3 N–H and O–H groups in total. The van der Waals surface area contributed by atoms with E-state index < -0.39 is 0 Å². The van der Waals surface area contributed by atoms with Gasteiger partial charge in [0.25, 0.3) is 0 Å². The van der Waals surface area contributed by atoms with Crippen molar-refractivity contribution >= 4 is 17.3 Å². The lowest BCUT2D eigenvalue weighted by Gasteiger charge is -2.29. The molecule has 5 nitrogen and oxygen atoms in total. The summed E-state index contributed by atoms with van der Waals surface area (Å²) in [5.41, 5.74) is 6.98. The van der Waals surface area contributed by atoms with Crippen molar-refractivity contribution in [1.29, 1.82) is 0 Å². The van der Waals surface area contributed by atoms with Gasteiger partial charge < -0.3 is 16.0 Å². The van der Waals surface area contributed by atoms with E-state index in [0.29, 0.717) is 6.04 Å². The third-order valence-corrected chi connectivity index (χ3v) is 4.21. The van der Waals surface area contributed by atoms with Gasteiger partial charge in [-0.3, -0.25) is 0 Å². The zero-order chi connectivity index (χ0) is 13.1. The van der Waals surface area contributed by atoms with E-state index in [-0.39, 0.29) is 0 Å². The highest BCUT2D eigenvalue weighted by Gasteiger charge is 2.20. The van der Waals surface area contributed by atoms with Crippen molar-refractivity contribution in [2.24, 2.45) is 0 Å². The SMILES string of the molecule is Nc1c(NC2CCCC2)ncnc1N1CCCCC1. The van der Waals surface area contributed by atoms with Gasteiger partial charge in [0.05, 0.1) is 0 Å². The number of nitrogens with zero attached hydrogens (tertiary/aromatic N) is 3. The maximum atomic E-state index is 6.26. The van der Waals surface area contributed by atoms with Crippen LogP contribution in [0.4, 0.5) is 17.3 Å². The number of piperidine rings is 1. The summed E-state index contributed by atoms with van der Waals surface area (Å²) >= 11 is 0. The van der Waals surface area contributed by atoms with Gasteiger partial charge in [0, 0.05) is 19.1 Å². The molecule has 104 valence electrons. The predicted octanol–water partition coefficient (Wildman–Crippen LogP) is 2.40. The van der Waals surface area contributed by atoms with Crippen molar-refractivity contribution in [1.82, 2.24) is 9.97 Å². The molecule has 1 aliphatic carbocycles. The lowest BCUT2D eigenvalue weighted by molar-refractivity contribution is 0.573. The van der Waals surface area contributed by atoms with Gasteiger partial charge in [0.1, 0.15) is 12.0 Å². The molecule has 19 heavy (non-hydrogen) atoms. The van der Waals surface area contributed by atoms with E-state index in [0.717, 1.165) is 30.4 Å². The van der Waals surface area contributed by atoms with Gasteiger partial charge in [0.15, 0.2) is 11.6 Å². The fraction of sp³-hybridized carbons (Fsp3) is 0.714. The van der Waals surface area contributed by atoms with Gasteiger partial charge >= 0.3 is 0 Å². The minimum atomic E-state index is 0.534. The monoisotopic (exact) mass is 261 g/mol. The smallest absolute Gasteiger partial charge is 0.157 e. The van der Waals surface area contributed by atoms with Gasteiger partial charge in [-0.25, -0.2) is 9.97 Å². The third kappa shape index (κ3) is 2.74. The minimum Gasteiger partial charge on any atom is -0.393 e. The Balaban J connectivity index is 1.77. The maximum absolute atomic E-state index is 6.26. The van der Waals surface area contributed by atoms with Crippen LogP contribution in [0.3, 0.4) is 0 Å². The van der Waals surface area contributed by atoms with Crippen LogP contribution in [0.25, 0.3) is 0 Å². The molecule has 0 radical (unpaired) electrons. The van der Waals surface area contributed by atoms with Crippen LogP contribution in [0.5, 0.6) is 0 Å². The molecule has 0 bridgehead atoms. The van der Waals surface area contributed by atoms with E-state index >= 15 is 0 Å². The zero-order valence-electron chi connectivity index (χ0n) is 11.4. The second kappa shape index (κ2) is 5.63. The van der Waals surface area contributed by atoms with Crippen LogP contribution < -0.4 is 16.0 Å². The van der Waals surface area contributed by atoms with Crippen molar-refractivity contribution in [3.63, 3.8) is 0 Å². The molecule has 2 fully saturated rings. The standard InChI is InChI=1S/C14H23N5/c15-12-13(18-11-6-2-3-7-11)16-10-17-14(12)19-8-4-1-5-9-19/h10-11H,1-9,15H2,(H,16,17,18). The second-order valence-corrected chi connectivity index (χ2v) is 5.63. The number of rotatable bonds is 3. The van der Waals surface area contributed by atoms with Crippen LogP contribution in [0.15, 0.2) is 6.33 Å². The van der Waals surface area contributed by atoms with Crippen LogP contribution >= 0.6 is 0 Å². The molecule has 5 heteroatoms. The second-order valence-electron chi connectivity index (χ2n) is 5.63. The lowest BCUT2D eigenvalue weighted by Crippen LogP contribution is -2.31. The molecule has 2 heterocycles. The molecule has 0 unspecified atom stereocenters. The summed E-state index contributed by atoms with van der Waals surface area (Å²) in [7, 11) is 0. The third-order valence-electron chi connectivity index (χ3n) is 4.21. The first-order valence-electron chi connectivity index (χ1n) is 7.46. The van der Waals surface area contributed by atoms with Crippen LogP contribution in [-0.2, 0) is 0 Å². The molecule has 1 aliphatic heterocycles. The molecule has 1 saturated heterocycles. The van der Waals surface area contributed by atoms with Crippen molar-refractivity contribution in [3.05, 3.63) is 6.33 Å². The highest BCUT2D eigenvalue weighted by Crippen LogP contribution is 2.30. The number of nitrogens with two attached hydrogens (primary N) is 1. The van der Waals surface area contributed by atoms with Crippen LogP contribution in [0, 0.1) is 0 Å². The van der Waals surface area contributed by atoms with Gasteiger partial charge in [-0.1, -0.05) is 12.8 Å². The molecule has 0 atom stereocenters. The highest BCUT2D eigenvalue weighted by atomic mass is 15.2. The molecule has 0 aromatic carbocycles. The molecule has 2 aliphatic rings. The fourth-order valence-corrected chi connectivity index (χ4v) is 3.12. The van der Waals surface area contributed by atoms with Crippen molar-refractivity contribution < 1.29 is 0 Å². The van der Waals surface area contributed by atoms with Crippen molar-refractivity contribution in [2.45, 2.75) is 51.0 Å². The molecule has 0 amide bonds. The van der Waals surface area contributed by atoms with E-state index in [9.17, 15) is 0 Å². The summed E-state index contributed by atoms with van der Waals surface area (Å²) in [5.74, 6) is 1.73. The van der Waals surface area contributed by atoms with E-state index in [1.165, 1.54) is 44.9 Å². The number of nitrogen functional groups attached to an aromatic ring is 1. The Labute approximate surface area is 114 Å². The Morgan fingerprint density at radius 3 is 2.53 bits per heavy atom. The molecule has 1 saturated carbocycles. The van der Waals surface area contributed by atoms with Gasteiger partial charge in [0.2, 0.25) is 0 Å². The fourth-order valence-electron chi connectivity index (χ4n) is 3.12. The molecule has 1 aromatic rings. The predicted molar refractivity (Wildman–Crippen MR) is 78.4 cm³/mol. The Morgan fingerprint density at radius 2 is 1.79 bits per heavy atom. The van der Waals surface area contributed by atoms with E-state index in [1.54, 1.807) is 6.33 Å². The van der Waals surface area contributed by atoms with Crippen LogP contribution in [0.2, 0.25) is 0 Å². The number of aromatic nitrogens is 2. The number of hydrogen-bond acceptors (Lipinski definition) is 5. The van der Waals surface area contributed by atoms with E-state index in [1.807, 2.05) is 0 Å². The maximum Gasteiger partial charge on any atom is 0.157 e. The van der Waals surface area contributed by atoms with Crippen LogP contribution in [-0.4, -0.2) is 29.1 Å². The van der Waals surface area contributed by atoms with Crippen molar-refractivity contribution in [2.75, 3.05) is 29.0 Å². The highest BCUT2D eigenvalue weighted by molar-refractivity contribution is 5.75. The van der Waals surface area contributed by atoms with Crippen molar-refractivity contribution in [3.8, 4) is 0 Å². The molecule has 3 rings (SSSR count). The van der Waals surface area contributed by atoms with E-state index in [2.05, 4.69) is 20.2 Å². The number of hydrogen-bond donors (Lipinski definition) is 2. The summed E-state index contributed by atoms with van der Waals surface area (Å²) in [4.78, 5) is 11.0. The first-order chi connectivity index (χ1) is 9.34. The first kappa shape index (κ1) is 12.5. The molecule has 1 aromatic heterocycles. The first-order valence-corrected chi connectivity index (χ1v) is 7.46.